The van der Waals surface area contributed by atoms with Crippen LogP contribution >= 0.6 is 23.2 Å². The Balaban J connectivity index is 1.97. The molecule has 0 unspecified atom stereocenters. The van der Waals surface area contributed by atoms with Crippen LogP contribution in [0, 0.1) is 0 Å². The highest BCUT2D eigenvalue weighted by Crippen LogP contribution is 2.21. The number of rotatable bonds is 5. The molecule has 138 valence electrons. The van der Waals surface area contributed by atoms with E-state index in [2.05, 4.69) is 0 Å². The predicted octanol–water partition coefficient (Wildman–Crippen LogP) is 3.00. The van der Waals surface area contributed by atoms with Gasteiger partial charge in [0.15, 0.2) is 0 Å². The first kappa shape index (κ1) is 19.9. The highest BCUT2D eigenvalue weighted by atomic mass is 35.5. The van der Waals surface area contributed by atoms with E-state index < -0.39 is 0 Å². The second-order valence-corrected chi connectivity index (χ2v) is 6.74. The van der Waals surface area contributed by atoms with E-state index in [1.807, 2.05) is 0 Å². The first-order valence-corrected chi connectivity index (χ1v) is 8.57. The number of halogens is 2. The summed E-state index contributed by atoms with van der Waals surface area (Å²) in [5, 5.41) is 0.800. The third-order valence-electron chi connectivity index (χ3n) is 3.95. The molecule has 4 N–H and O–H groups in total. The van der Waals surface area contributed by atoms with Gasteiger partial charge in [0.1, 0.15) is 0 Å². The minimum absolute atomic E-state index is 0.204. The summed E-state index contributed by atoms with van der Waals surface area (Å²) >= 11 is 11.7. The van der Waals surface area contributed by atoms with Crippen LogP contribution in [0.4, 0.5) is 11.4 Å². The van der Waals surface area contributed by atoms with Crippen molar-refractivity contribution in [1.82, 2.24) is 9.80 Å². The Morgan fingerprint density at radius 3 is 1.46 bits per heavy atom. The van der Waals surface area contributed by atoms with E-state index >= 15 is 0 Å². The third-order valence-corrected chi connectivity index (χ3v) is 4.64. The number of carbonyl (C=O) groups excluding carboxylic acids is 2. The van der Waals surface area contributed by atoms with E-state index in [-0.39, 0.29) is 11.8 Å². The standard InChI is InChI=1S/C18H20Cl2N4O2/c1-23(17(25)11-3-5-13(19)15(21)9-11)7-8-24(2)18(26)12-4-6-14(20)16(22)10-12/h3-6,9-10H,7-8,21-22H2,1-2H3. The maximum absolute atomic E-state index is 12.4. The molecule has 0 saturated heterocycles. The molecule has 2 aromatic rings. The number of carbonyl (C=O) groups is 2. The molecule has 2 aromatic carbocycles. The van der Waals surface area contributed by atoms with Gasteiger partial charge in [0.05, 0.1) is 21.4 Å². The van der Waals surface area contributed by atoms with Crippen molar-refractivity contribution >= 4 is 46.4 Å². The van der Waals surface area contributed by atoms with E-state index in [1.54, 1.807) is 38.4 Å². The van der Waals surface area contributed by atoms with Crippen LogP contribution in [-0.4, -0.2) is 48.8 Å². The number of nitrogen functional groups attached to an aromatic ring is 2. The molecule has 26 heavy (non-hydrogen) atoms. The predicted molar refractivity (Wildman–Crippen MR) is 106 cm³/mol. The fourth-order valence-corrected chi connectivity index (χ4v) is 2.53. The zero-order chi connectivity index (χ0) is 19.4. The zero-order valence-electron chi connectivity index (χ0n) is 14.5. The molecule has 0 spiro atoms. The summed E-state index contributed by atoms with van der Waals surface area (Å²) in [5.74, 6) is -0.407. The maximum atomic E-state index is 12.4. The Kier molecular flexibility index (Phi) is 6.34. The van der Waals surface area contributed by atoms with Crippen LogP contribution in [0.25, 0.3) is 0 Å². The summed E-state index contributed by atoms with van der Waals surface area (Å²) in [6, 6.07) is 9.46. The molecule has 0 radical (unpaired) electrons. The molecule has 0 fully saturated rings. The summed E-state index contributed by atoms with van der Waals surface area (Å²) in [6.45, 7) is 0.708. The Morgan fingerprint density at radius 1 is 0.808 bits per heavy atom. The van der Waals surface area contributed by atoms with Crippen LogP contribution in [0.5, 0.6) is 0 Å². The fourth-order valence-electron chi connectivity index (χ4n) is 2.30. The molecule has 0 atom stereocenters. The molecule has 2 amide bonds. The van der Waals surface area contributed by atoms with Crippen molar-refractivity contribution in [2.75, 3.05) is 38.7 Å². The minimum Gasteiger partial charge on any atom is -0.398 e. The molecular weight excluding hydrogens is 375 g/mol. The van der Waals surface area contributed by atoms with E-state index in [1.165, 1.54) is 21.9 Å². The minimum atomic E-state index is -0.204. The fraction of sp³-hybridized carbons (Fsp3) is 0.222. The highest BCUT2D eigenvalue weighted by molar-refractivity contribution is 6.33. The van der Waals surface area contributed by atoms with Crippen molar-refractivity contribution in [3.05, 3.63) is 57.6 Å². The van der Waals surface area contributed by atoms with Gasteiger partial charge in [0.25, 0.3) is 11.8 Å². The monoisotopic (exact) mass is 394 g/mol. The van der Waals surface area contributed by atoms with Gasteiger partial charge in [-0.2, -0.15) is 0 Å². The number of hydrogen-bond donors (Lipinski definition) is 2. The summed E-state index contributed by atoms with van der Waals surface area (Å²) in [4.78, 5) is 27.9. The van der Waals surface area contributed by atoms with Gasteiger partial charge < -0.3 is 21.3 Å². The Morgan fingerprint density at radius 2 is 1.15 bits per heavy atom. The summed E-state index contributed by atoms with van der Waals surface area (Å²) in [5.41, 5.74) is 13.0. The van der Waals surface area contributed by atoms with Gasteiger partial charge in [0.2, 0.25) is 0 Å². The van der Waals surface area contributed by atoms with E-state index in [9.17, 15) is 9.59 Å². The van der Waals surface area contributed by atoms with Crippen LogP contribution in [0.2, 0.25) is 10.0 Å². The van der Waals surface area contributed by atoms with E-state index in [0.29, 0.717) is 45.6 Å². The number of amides is 2. The van der Waals surface area contributed by atoms with Gasteiger partial charge in [0, 0.05) is 38.3 Å². The van der Waals surface area contributed by atoms with Crippen LogP contribution in [-0.2, 0) is 0 Å². The van der Waals surface area contributed by atoms with Gasteiger partial charge in [-0.25, -0.2) is 0 Å². The number of hydrogen-bond acceptors (Lipinski definition) is 4. The molecule has 0 bridgehead atoms. The third kappa shape index (κ3) is 4.59. The lowest BCUT2D eigenvalue weighted by atomic mass is 10.1. The lowest BCUT2D eigenvalue weighted by molar-refractivity contribution is 0.0719. The van der Waals surface area contributed by atoms with Crippen molar-refractivity contribution in [2.45, 2.75) is 0 Å². The van der Waals surface area contributed by atoms with Crippen molar-refractivity contribution in [3.8, 4) is 0 Å². The number of anilines is 2. The van der Waals surface area contributed by atoms with Crippen molar-refractivity contribution in [1.29, 1.82) is 0 Å². The lowest BCUT2D eigenvalue weighted by Crippen LogP contribution is -2.37. The van der Waals surface area contributed by atoms with Crippen molar-refractivity contribution < 1.29 is 9.59 Å². The normalized spacial score (nSPS) is 10.5. The van der Waals surface area contributed by atoms with E-state index in [0.717, 1.165) is 0 Å². The van der Waals surface area contributed by atoms with Crippen LogP contribution in [0.3, 0.4) is 0 Å². The van der Waals surface area contributed by atoms with Crippen molar-refractivity contribution in [3.63, 3.8) is 0 Å². The second kappa shape index (κ2) is 8.29. The molecule has 0 aromatic heterocycles. The summed E-state index contributed by atoms with van der Waals surface area (Å²) in [7, 11) is 3.32. The Hall–Kier alpha value is -2.44. The number of benzene rings is 2. The Labute approximate surface area is 162 Å². The lowest BCUT2D eigenvalue weighted by Gasteiger charge is -2.23. The average Bonchev–Trinajstić information content (AvgIpc) is 2.62. The molecule has 0 heterocycles. The van der Waals surface area contributed by atoms with Gasteiger partial charge in [-0.1, -0.05) is 23.2 Å². The SMILES string of the molecule is CN(CCN(C)C(=O)c1ccc(Cl)c(N)c1)C(=O)c1ccc(Cl)c(N)c1. The molecular formula is C18H20Cl2N4O2. The molecule has 6 nitrogen and oxygen atoms in total. The quantitative estimate of drug-likeness (QED) is 0.762. The molecule has 0 aliphatic carbocycles. The summed E-state index contributed by atoms with van der Waals surface area (Å²) in [6.07, 6.45) is 0. The molecule has 0 saturated carbocycles. The first-order chi connectivity index (χ1) is 12.2. The maximum Gasteiger partial charge on any atom is 0.253 e. The largest absolute Gasteiger partial charge is 0.398 e. The van der Waals surface area contributed by atoms with Gasteiger partial charge in [-0.15, -0.1) is 0 Å². The number of nitrogens with two attached hydrogens (primary N) is 2. The molecule has 8 heteroatoms. The van der Waals surface area contributed by atoms with Crippen LogP contribution in [0.1, 0.15) is 20.7 Å². The van der Waals surface area contributed by atoms with Crippen LogP contribution < -0.4 is 11.5 Å². The van der Waals surface area contributed by atoms with Gasteiger partial charge >= 0.3 is 0 Å². The molecule has 0 aliphatic rings. The number of likely N-dealkylation sites (N-methyl/N-ethyl adjacent to an activating group) is 2. The first-order valence-electron chi connectivity index (χ1n) is 7.81. The molecule has 0 aliphatic heterocycles. The topological polar surface area (TPSA) is 92.7 Å². The smallest absolute Gasteiger partial charge is 0.253 e. The average molecular weight is 395 g/mol. The number of nitrogens with zero attached hydrogens (tertiary/aromatic N) is 2. The van der Waals surface area contributed by atoms with Gasteiger partial charge in [-0.3, -0.25) is 9.59 Å². The van der Waals surface area contributed by atoms with Gasteiger partial charge in [-0.05, 0) is 36.4 Å². The second-order valence-electron chi connectivity index (χ2n) is 5.93. The highest BCUT2D eigenvalue weighted by Gasteiger charge is 2.16. The zero-order valence-corrected chi connectivity index (χ0v) is 16.0. The van der Waals surface area contributed by atoms with E-state index in [4.69, 9.17) is 34.7 Å². The summed E-state index contributed by atoms with van der Waals surface area (Å²) < 4.78 is 0. The Bertz CT molecular complexity index is 772. The molecule has 2 rings (SSSR count). The van der Waals surface area contributed by atoms with Crippen LogP contribution in [0.15, 0.2) is 36.4 Å². The van der Waals surface area contributed by atoms with Crippen molar-refractivity contribution in [2.24, 2.45) is 0 Å².